The van der Waals surface area contributed by atoms with Gasteiger partial charge in [-0.25, -0.2) is 4.79 Å². The molecule has 206 valence electrons. The summed E-state index contributed by atoms with van der Waals surface area (Å²) < 4.78 is 10.8. The highest BCUT2D eigenvalue weighted by atomic mass is 16.6. The second kappa shape index (κ2) is 15.4. The third kappa shape index (κ3) is 9.19. The number of hydrogen-bond donors (Lipinski definition) is 1. The molecule has 0 amide bonds. The zero-order valence-corrected chi connectivity index (χ0v) is 23.1. The van der Waals surface area contributed by atoms with Gasteiger partial charge in [0.25, 0.3) is 0 Å². The summed E-state index contributed by atoms with van der Waals surface area (Å²) in [5.41, 5.74) is 0. The van der Waals surface area contributed by atoms with Crippen LogP contribution in [0.25, 0.3) is 0 Å². The van der Waals surface area contributed by atoms with Gasteiger partial charge in [0.05, 0.1) is 24.8 Å². The fraction of sp³-hybridized carbons (Fsp3) is 0.758. The fourth-order valence-corrected chi connectivity index (χ4v) is 6.80. The van der Waals surface area contributed by atoms with Crippen molar-refractivity contribution in [1.82, 2.24) is 5.32 Å². The van der Waals surface area contributed by atoms with Gasteiger partial charge >= 0.3 is 5.97 Å². The Morgan fingerprint density at radius 1 is 0.737 bits per heavy atom. The molecule has 0 aromatic carbocycles. The van der Waals surface area contributed by atoms with Gasteiger partial charge in [-0.3, -0.25) is 0 Å². The average Bonchev–Trinajstić information content (AvgIpc) is 2.98. The molecule has 0 bridgehead atoms. The molecule has 1 heterocycles. The normalized spacial score (nSPS) is 35.3. The average molecular weight is 519 g/mol. The van der Waals surface area contributed by atoms with E-state index in [1.165, 1.54) is 44.6 Å². The van der Waals surface area contributed by atoms with Crippen molar-refractivity contribution in [3.8, 4) is 29.8 Å². The lowest BCUT2D eigenvalue weighted by Gasteiger charge is -2.35. The van der Waals surface area contributed by atoms with Gasteiger partial charge in [-0.1, -0.05) is 30.3 Å². The van der Waals surface area contributed by atoms with Gasteiger partial charge in [-0.15, -0.1) is 0 Å². The number of esters is 1. The Hall–Kier alpha value is -2.26. The van der Waals surface area contributed by atoms with Crippen molar-refractivity contribution in [3.63, 3.8) is 0 Å². The monoisotopic (exact) mass is 518 g/mol. The number of nitrogens with zero attached hydrogens (tertiary/aromatic N) is 1. The maximum absolute atomic E-state index is 11.1. The third-order valence-corrected chi connectivity index (χ3v) is 9.28. The Labute approximate surface area is 230 Å². The van der Waals surface area contributed by atoms with Gasteiger partial charge in [0.2, 0.25) is 0 Å². The van der Waals surface area contributed by atoms with E-state index in [-0.39, 0.29) is 12.7 Å². The van der Waals surface area contributed by atoms with Crippen LogP contribution in [0, 0.1) is 70.5 Å². The summed E-state index contributed by atoms with van der Waals surface area (Å²) in [7, 11) is 0. The molecular formula is C33H46N2O3. The zero-order valence-electron chi connectivity index (χ0n) is 23.1. The molecule has 38 heavy (non-hydrogen) atoms. The quantitative estimate of drug-likeness (QED) is 0.208. The van der Waals surface area contributed by atoms with Crippen molar-refractivity contribution >= 4 is 5.97 Å². The summed E-state index contributed by atoms with van der Waals surface area (Å²) in [5.74, 6) is 17.4. The molecule has 0 aromatic rings. The number of rotatable bonds is 6. The maximum Gasteiger partial charge on any atom is 0.330 e. The Morgan fingerprint density at radius 3 is 1.87 bits per heavy atom. The van der Waals surface area contributed by atoms with E-state index in [1.54, 1.807) is 0 Å². The smallest absolute Gasteiger partial charge is 0.330 e. The van der Waals surface area contributed by atoms with Crippen molar-refractivity contribution in [2.75, 3.05) is 19.8 Å². The maximum atomic E-state index is 11.1. The van der Waals surface area contributed by atoms with Crippen LogP contribution >= 0.6 is 0 Å². The first-order chi connectivity index (χ1) is 18.6. The summed E-state index contributed by atoms with van der Waals surface area (Å²) in [6.45, 7) is 5.08. The number of carbonyl (C=O) groups is 1. The predicted octanol–water partition coefficient (Wildman–Crippen LogP) is 5.80. The molecule has 0 spiro atoms. The lowest BCUT2D eigenvalue weighted by atomic mass is 9.69. The van der Waals surface area contributed by atoms with Crippen LogP contribution in [0.5, 0.6) is 0 Å². The summed E-state index contributed by atoms with van der Waals surface area (Å²) in [6, 6.07) is 2.80. The lowest BCUT2D eigenvalue weighted by molar-refractivity contribution is -0.140. The Kier molecular flexibility index (Phi) is 11.6. The first-order valence-corrected chi connectivity index (χ1v) is 15.2. The zero-order chi connectivity index (χ0) is 26.6. The lowest BCUT2D eigenvalue weighted by Crippen LogP contribution is -2.37. The van der Waals surface area contributed by atoms with Crippen LogP contribution in [0.2, 0.25) is 0 Å². The Balaban J connectivity index is 1.07. The van der Waals surface area contributed by atoms with Crippen LogP contribution in [-0.2, 0) is 14.3 Å². The molecule has 1 aliphatic heterocycles. The highest BCUT2D eigenvalue weighted by molar-refractivity contribution is 5.81. The standard InChI is InChI=1S/C33H46N2O3/c1-2-33(36)38-22-21-37-32-19-11-25(12-20-32)3-4-28-10-18-31(35-24-28)17-9-26-5-13-29(14-6-26)30-15-7-27(23-34)8-16-30/h2,25-32,35H,1,5-8,10-16,18-22,24H2. The third-order valence-electron chi connectivity index (χ3n) is 9.28. The van der Waals surface area contributed by atoms with E-state index in [1.807, 2.05) is 0 Å². The van der Waals surface area contributed by atoms with Crippen LogP contribution in [-0.4, -0.2) is 37.9 Å². The largest absolute Gasteiger partial charge is 0.460 e. The van der Waals surface area contributed by atoms with Crippen LogP contribution in [0.1, 0.15) is 89.9 Å². The number of nitrogens with one attached hydrogen (secondary N) is 1. The molecule has 4 aliphatic rings. The Bertz CT molecular complexity index is 915. The molecule has 2 unspecified atom stereocenters. The molecule has 0 radical (unpaired) electrons. The number of nitriles is 1. The second-order valence-corrected chi connectivity index (χ2v) is 11.9. The number of carbonyl (C=O) groups excluding carboxylic acids is 1. The number of piperidine rings is 1. The van der Waals surface area contributed by atoms with Gasteiger partial charge in [-0.05, 0) is 102 Å². The van der Waals surface area contributed by atoms with E-state index >= 15 is 0 Å². The van der Waals surface area contributed by atoms with Crippen LogP contribution in [0.4, 0.5) is 0 Å². The first-order valence-electron chi connectivity index (χ1n) is 15.2. The van der Waals surface area contributed by atoms with Crippen molar-refractivity contribution in [3.05, 3.63) is 12.7 Å². The summed E-state index contributed by atoms with van der Waals surface area (Å²) in [6.07, 6.45) is 17.8. The fourth-order valence-electron chi connectivity index (χ4n) is 6.80. The molecule has 1 N–H and O–H groups in total. The van der Waals surface area contributed by atoms with E-state index in [2.05, 4.69) is 41.6 Å². The topological polar surface area (TPSA) is 71.3 Å². The molecule has 0 aromatic heterocycles. The summed E-state index contributed by atoms with van der Waals surface area (Å²) >= 11 is 0. The highest BCUT2D eigenvalue weighted by Gasteiger charge is 2.30. The number of ether oxygens (including phenoxy) is 2. The van der Waals surface area contributed by atoms with Crippen molar-refractivity contribution in [2.45, 2.75) is 102 Å². The molecule has 3 saturated carbocycles. The van der Waals surface area contributed by atoms with Crippen molar-refractivity contribution in [1.29, 1.82) is 5.26 Å². The van der Waals surface area contributed by atoms with Crippen LogP contribution in [0.15, 0.2) is 12.7 Å². The van der Waals surface area contributed by atoms with Crippen molar-refractivity contribution in [2.24, 2.45) is 35.5 Å². The van der Waals surface area contributed by atoms with E-state index in [0.717, 1.165) is 69.7 Å². The second-order valence-electron chi connectivity index (χ2n) is 11.9. The first kappa shape index (κ1) is 28.7. The van der Waals surface area contributed by atoms with Crippen molar-refractivity contribution < 1.29 is 14.3 Å². The van der Waals surface area contributed by atoms with E-state index < -0.39 is 5.97 Å². The summed E-state index contributed by atoms with van der Waals surface area (Å²) in [5, 5.41) is 12.8. The van der Waals surface area contributed by atoms with Gasteiger partial charge < -0.3 is 14.8 Å². The van der Waals surface area contributed by atoms with E-state index in [9.17, 15) is 4.79 Å². The summed E-state index contributed by atoms with van der Waals surface area (Å²) in [4.78, 5) is 11.1. The minimum atomic E-state index is -0.396. The SMILES string of the molecule is C=CC(=O)OCCOC1CCC(C#CC2CCC(C#CC3CCC(C4CCC(C#N)CC4)CC3)NC2)CC1. The Morgan fingerprint density at radius 2 is 1.29 bits per heavy atom. The molecular weight excluding hydrogens is 472 g/mol. The number of hydrogen-bond acceptors (Lipinski definition) is 5. The molecule has 4 rings (SSSR count). The van der Waals surface area contributed by atoms with Gasteiger partial charge in [0.1, 0.15) is 6.61 Å². The minimum absolute atomic E-state index is 0.255. The van der Waals surface area contributed by atoms with E-state index in [4.69, 9.17) is 14.7 Å². The van der Waals surface area contributed by atoms with Crippen LogP contribution < -0.4 is 5.32 Å². The molecule has 2 atom stereocenters. The molecule has 5 heteroatoms. The molecule has 1 saturated heterocycles. The van der Waals surface area contributed by atoms with Gasteiger partial charge in [-0.2, -0.15) is 5.26 Å². The molecule has 5 nitrogen and oxygen atoms in total. The minimum Gasteiger partial charge on any atom is -0.460 e. The van der Waals surface area contributed by atoms with Gasteiger partial charge in [0, 0.05) is 36.3 Å². The predicted molar refractivity (Wildman–Crippen MR) is 149 cm³/mol. The highest BCUT2D eigenvalue weighted by Crippen LogP contribution is 2.41. The molecule has 4 fully saturated rings. The molecule has 3 aliphatic carbocycles. The van der Waals surface area contributed by atoms with E-state index in [0.29, 0.717) is 36.3 Å². The van der Waals surface area contributed by atoms with Crippen LogP contribution in [0.3, 0.4) is 0 Å². The van der Waals surface area contributed by atoms with Gasteiger partial charge in [0.15, 0.2) is 0 Å².